The SMILES string of the molecule is CCCCCCCCCCOC(=O)C(F)(Cl)Cl. The third-order valence-corrected chi connectivity index (χ3v) is 2.77. The Morgan fingerprint density at radius 2 is 1.53 bits per heavy atom. The summed E-state index contributed by atoms with van der Waals surface area (Å²) in [5, 5.41) is 0. The van der Waals surface area contributed by atoms with Crippen LogP contribution in [0.25, 0.3) is 0 Å². The maximum atomic E-state index is 12.6. The van der Waals surface area contributed by atoms with Gasteiger partial charge in [0.05, 0.1) is 6.61 Å². The van der Waals surface area contributed by atoms with Gasteiger partial charge in [0.15, 0.2) is 0 Å². The van der Waals surface area contributed by atoms with Crippen molar-refractivity contribution in [3.63, 3.8) is 0 Å². The number of hydrogen-bond acceptors (Lipinski definition) is 2. The molecule has 0 aromatic rings. The number of esters is 1. The molecule has 0 aromatic carbocycles. The molecule has 0 bridgehead atoms. The first-order valence-corrected chi connectivity index (χ1v) is 6.98. The van der Waals surface area contributed by atoms with Crippen LogP contribution < -0.4 is 0 Å². The molecule has 0 saturated heterocycles. The van der Waals surface area contributed by atoms with Crippen LogP contribution in [-0.4, -0.2) is 17.2 Å². The highest BCUT2D eigenvalue weighted by Gasteiger charge is 2.34. The summed E-state index contributed by atoms with van der Waals surface area (Å²) in [5.41, 5.74) is 0. The van der Waals surface area contributed by atoms with Crippen molar-refractivity contribution < 1.29 is 13.9 Å². The Morgan fingerprint density at radius 1 is 1.06 bits per heavy atom. The van der Waals surface area contributed by atoms with E-state index in [1.807, 2.05) is 0 Å². The molecule has 0 amide bonds. The molecule has 0 atom stereocenters. The van der Waals surface area contributed by atoms with E-state index in [0.717, 1.165) is 19.3 Å². The average Bonchev–Trinajstić information content (AvgIpc) is 2.25. The first-order chi connectivity index (χ1) is 7.98. The molecule has 0 aliphatic carbocycles. The van der Waals surface area contributed by atoms with Crippen LogP contribution in [0.2, 0.25) is 0 Å². The minimum Gasteiger partial charge on any atom is -0.461 e. The molecule has 0 rings (SSSR count). The highest BCUT2D eigenvalue weighted by molar-refractivity contribution is 6.56. The maximum Gasteiger partial charge on any atom is 0.376 e. The summed E-state index contributed by atoms with van der Waals surface area (Å²) < 4.78 is 14.2. The van der Waals surface area contributed by atoms with Gasteiger partial charge in [-0.1, -0.05) is 75.1 Å². The largest absolute Gasteiger partial charge is 0.461 e. The molecule has 2 nitrogen and oxygen atoms in total. The zero-order valence-corrected chi connectivity index (χ0v) is 11.8. The van der Waals surface area contributed by atoms with Gasteiger partial charge in [-0.15, -0.1) is 0 Å². The fourth-order valence-corrected chi connectivity index (χ4v) is 1.59. The van der Waals surface area contributed by atoms with Crippen molar-refractivity contribution in [2.75, 3.05) is 6.61 Å². The summed E-state index contributed by atoms with van der Waals surface area (Å²) in [6.45, 7) is 2.37. The summed E-state index contributed by atoms with van der Waals surface area (Å²) >= 11 is 9.84. The number of unbranched alkanes of at least 4 members (excludes halogenated alkanes) is 7. The molecule has 0 radical (unpaired) electrons. The Kier molecular flexibility index (Phi) is 9.94. The molecule has 0 aromatic heterocycles. The van der Waals surface area contributed by atoms with Crippen LogP contribution in [0.5, 0.6) is 0 Å². The zero-order valence-electron chi connectivity index (χ0n) is 10.3. The van der Waals surface area contributed by atoms with E-state index >= 15 is 0 Å². The Bertz CT molecular complexity index is 205. The Labute approximate surface area is 113 Å². The molecule has 0 aliphatic heterocycles. The molecule has 0 fully saturated rings. The van der Waals surface area contributed by atoms with Crippen molar-refractivity contribution >= 4 is 29.2 Å². The third kappa shape index (κ3) is 10.8. The van der Waals surface area contributed by atoms with Crippen molar-refractivity contribution in [2.24, 2.45) is 0 Å². The van der Waals surface area contributed by atoms with E-state index in [4.69, 9.17) is 23.2 Å². The van der Waals surface area contributed by atoms with E-state index in [1.54, 1.807) is 0 Å². The van der Waals surface area contributed by atoms with Crippen molar-refractivity contribution in [2.45, 2.75) is 62.9 Å². The predicted octanol–water partition coefficient (Wildman–Crippen LogP) is 4.77. The zero-order chi connectivity index (χ0) is 13.1. The molecule has 0 heterocycles. The van der Waals surface area contributed by atoms with Crippen molar-refractivity contribution in [3.05, 3.63) is 0 Å². The Morgan fingerprint density at radius 3 is 2.00 bits per heavy atom. The second-order valence-electron chi connectivity index (χ2n) is 4.11. The van der Waals surface area contributed by atoms with Crippen molar-refractivity contribution in [3.8, 4) is 0 Å². The highest BCUT2D eigenvalue weighted by atomic mass is 35.5. The normalized spacial score (nSPS) is 11.5. The van der Waals surface area contributed by atoms with E-state index in [0.29, 0.717) is 0 Å². The number of hydrogen-bond donors (Lipinski definition) is 0. The van der Waals surface area contributed by atoms with Crippen LogP contribution in [-0.2, 0) is 9.53 Å². The summed E-state index contributed by atoms with van der Waals surface area (Å²) in [4.78, 5) is 10.8. The molecular weight excluding hydrogens is 266 g/mol. The molecular formula is C12H21Cl2FO2. The summed E-state index contributed by atoms with van der Waals surface area (Å²) in [5.74, 6) is -1.22. The van der Waals surface area contributed by atoms with Gasteiger partial charge in [-0.3, -0.25) is 0 Å². The number of carbonyl (C=O) groups is 1. The molecule has 0 saturated carbocycles. The molecule has 17 heavy (non-hydrogen) atoms. The topological polar surface area (TPSA) is 26.3 Å². The number of ether oxygens (including phenoxy) is 1. The summed E-state index contributed by atoms with van der Waals surface area (Å²) in [6.07, 6.45) is 9.10. The smallest absolute Gasteiger partial charge is 0.376 e. The standard InChI is InChI=1S/C12H21Cl2FO2/c1-2-3-4-5-6-7-8-9-10-17-11(16)12(13,14)15/h2-10H2,1H3. The maximum absolute atomic E-state index is 12.6. The van der Waals surface area contributed by atoms with E-state index in [9.17, 15) is 9.18 Å². The predicted molar refractivity (Wildman–Crippen MR) is 69.1 cm³/mol. The molecule has 0 aliphatic rings. The number of alkyl halides is 3. The second-order valence-corrected chi connectivity index (χ2v) is 5.34. The molecule has 0 N–H and O–H groups in total. The monoisotopic (exact) mass is 286 g/mol. The Hall–Kier alpha value is -0.0200. The van der Waals surface area contributed by atoms with Crippen LogP contribution in [0.3, 0.4) is 0 Å². The van der Waals surface area contributed by atoms with Gasteiger partial charge in [0, 0.05) is 0 Å². The van der Waals surface area contributed by atoms with Gasteiger partial charge in [-0.25, -0.2) is 4.79 Å². The number of halogens is 3. The van der Waals surface area contributed by atoms with Gasteiger partial charge in [0.25, 0.3) is 0 Å². The van der Waals surface area contributed by atoms with Gasteiger partial charge in [0.2, 0.25) is 0 Å². The summed E-state index contributed by atoms with van der Waals surface area (Å²) in [6, 6.07) is 0. The van der Waals surface area contributed by atoms with Gasteiger partial charge < -0.3 is 4.74 Å². The van der Waals surface area contributed by atoms with Crippen LogP contribution >= 0.6 is 23.2 Å². The van der Waals surface area contributed by atoms with Gasteiger partial charge in [-0.05, 0) is 6.42 Å². The average molecular weight is 287 g/mol. The van der Waals surface area contributed by atoms with Crippen molar-refractivity contribution in [1.82, 2.24) is 0 Å². The van der Waals surface area contributed by atoms with E-state index < -0.39 is 10.6 Å². The van der Waals surface area contributed by atoms with E-state index in [-0.39, 0.29) is 6.61 Å². The molecule has 102 valence electrons. The van der Waals surface area contributed by atoms with Crippen LogP contribution in [0.1, 0.15) is 58.3 Å². The van der Waals surface area contributed by atoms with Gasteiger partial charge in [-0.2, -0.15) is 4.39 Å². The van der Waals surface area contributed by atoms with Crippen LogP contribution in [0.4, 0.5) is 4.39 Å². The number of carbonyl (C=O) groups excluding carboxylic acids is 1. The lowest BCUT2D eigenvalue weighted by atomic mass is 10.1. The first kappa shape index (κ1) is 17.0. The van der Waals surface area contributed by atoms with Gasteiger partial charge >= 0.3 is 10.6 Å². The lowest BCUT2D eigenvalue weighted by Gasteiger charge is -2.09. The van der Waals surface area contributed by atoms with Gasteiger partial charge in [0.1, 0.15) is 0 Å². The molecule has 0 spiro atoms. The molecule has 0 unspecified atom stereocenters. The lowest BCUT2D eigenvalue weighted by Crippen LogP contribution is -2.23. The second kappa shape index (κ2) is 9.95. The minimum atomic E-state index is -2.92. The fraction of sp³-hybridized carbons (Fsp3) is 0.917. The lowest BCUT2D eigenvalue weighted by molar-refractivity contribution is -0.148. The third-order valence-electron chi connectivity index (χ3n) is 2.46. The summed E-state index contributed by atoms with van der Waals surface area (Å²) in [7, 11) is 0. The van der Waals surface area contributed by atoms with Crippen molar-refractivity contribution in [1.29, 1.82) is 0 Å². The molecule has 5 heteroatoms. The number of rotatable bonds is 10. The fourth-order valence-electron chi connectivity index (χ4n) is 1.48. The quantitative estimate of drug-likeness (QED) is 0.328. The minimum absolute atomic E-state index is 0.179. The highest BCUT2D eigenvalue weighted by Crippen LogP contribution is 2.24. The van der Waals surface area contributed by atoms with Crippen LogP contribution in [0, 0.1) is 0 Å². The van der Waals surface area contributed by atoms with E-state index in [1.165, 1.54) is 32.1 Å². The Balaban J connectivity index is 3.22. The van der Waals surface area contributed by atoms with E-state index in [2.05, 4.69) is 11.7 Å². The first-order valence-electron chi connectivity index (χ1n) is 6.22. The van der Waals surface area contributed by atoms with Crippen LogP contribution in [0.15, 0.2) is 0 Å².